The summed E-state index contributed by atoms with van der Waals surface area (Å²) in [6, 6.07) is 2.49. The number of amides is 1. The Balaban J connectivity index is 1.92. The number of aryl methyl sites for hydroxylation is 1. The lowest BCUT2D eigenvalue weighted by Gasteiger charge is -2.36. The van der Waals surface area contributed by atoms with Crippen LogP contribution >= 0.6 is 11.6 Å². The third kappa shape index (κ3) is 5.02. The number of carbonyl (C=O) groups is 1. The van der Waals surface area contributed by atoms with E-state index < -0.39 is 79.0 Å². The number of likely N-dealkylation sites (tertiary alicyclic amines) is 1. The Morgan fingerprint density at radius 3 is 2.86 bits per heavy atom. The van der Waals surface area contributed by atoms with Gasteiger partial charge in [0, 0.05) is 61.3 Å². The fourth-order valence-electron chi connectivity index (χ4n) is 2.22. The molecule has 1 atom stereocenters. The van der Waals surface area contributed by atoms with E-state index in [1.54, 1.807) is 0 Å². The van der Waals surface area contributed by atoms with Gasteiger partial charge in [-0.05, 0) is 30.1 Å². The Morgan fingerprint density at radius 2 is 2.18 bits per heavy atom. The molecule has 3 rings (SSSR count). The number of nitrogens with zero attached hydrogens (tertiary/aromatic N) is 3. The minimum Gasteiger partial charge on any atom is -0.338 e. The van der Waals surface area contributed by atoms with Crippen LogP contribution in [-0.4, -0.2) is 46.0 Å². The summed E-state index contributed by atoms with van der Waals surface area (Å²) in [5.41, 5.74) is -3.82. The molecule has 2 aromatic rings. The van der Waals surface area contributed by atoms with Gasteiger partial charge >= 0.3 is 0 Å². The molecular weight excluding hydrogens is 386 g/mol. The Labute approximate surface area is 182 Å². The first-order chi connectivity index (χ1) is 17.1. The van der Waals surface area contributed by atoms with Crippen LogP contribution in [0.1, 0.15) is 55.2 Å². The molecule has 5 nitrogen and oxygen atoms in total. The molecule has 1 saturated heterocycles. The van der Waals surface area contributed by atoms with E-state index in [-0.39, 0.29) is 10.5 Å². The monoisotopic (exact) mass is 418 g/mol. The van der Waals surface area contributed by atoms with Crippen LogP contribution < -0.4 is 5.32 Å². The highest BCUT2D eigenvalue weighted by atomic mass is 35.5. The fourth-order valence-corrected chi connectivity index (χ4v) is 2.40. The molecule has 0 aliphatic carbocycles. The molecule has 1 aliphatic heterocycles. The molecule has 0 radical (unpaired) electrons. The summed E-state index contributed by atoms with van der Waals surface area (Å²) in [7, 11) is 0. The second-order valence-corrected chi connectivity index (χ2v) is 6.24. The van der Waals surface area contributed by atoms with Gasteiger partial charge in [0.25, 0.3) is 5.91 Å². The summed E-state index contributed by atoms with van der Waals surface area (Å²) in [6.07, 6.45) is -4.76. The van der Waals surface area contributed by atoms with Crippen LogP contribution in [0, 0.1) is 5.82 Å². The minimum atomic E-state index is -3.61. The summed E-state index contributed by atoms with van der Waals surface area (Å²) in [5.74, 6) is -2.86. The van der Waals surface area contributed by atoms with Crippen molar-refractivity contribution < 1.29 is 27.3 Å². The predicted molar refractivity (Wildman–Crippen MR) is 104 cm³/mol. The molecule has 1 N–H and O–H groups in total. The van der Waals surface area contributed by atoms with Gasteiger partial charge in [0.1, 0.15) is 17.3 Å². The van der Waals surface area contributed by atoms with E-state index in [4.69, 9.17) is 25.3 Å². The molecule has 1 unspecified atom stereocenters. The van der Waals surface area contributed by atoms with E-state index in [2.05, 4.69) is 15.3 Å². The third-order valence-electron chi connectivity index (χ3n) is 3.79. The van der Waals surface area contributed by atoms with Crippen LogP contribution in [0.25, 0.3) is 0 Å². The van der Waals surface area contributed by atoms with E-state index >= 15 is 4.39 Å². The molecule has 150 valence electrons. The van der Waals surface area contributed by atoms with Crippen molar-refractivity contribution in [3.8, 4) is 0 Å². The molecular formula is C20H23ClF2N4O. The third-order valence-corrected chi connectivity index (χ3v) is 4.08. The van der Waals surface area contributed by atoms with E-state index in [0.29, 0.717) is 0 Å². The zero-order valence-corrected chi connectivity index (χ0v) is 15.4. The number of hydrogen-bond acceptors (Lipinski definition) is 4. The van der Waals surface area contributed by atoms with Crippen LogP contribution in [0.5, 0.6) is 0 Å². The second-order valence-electron chi connectivity index (χ2n) is 5.83. The molecule has 1 aromatic heterocycles. The van der Waals surface area contributed by atoms with Crippen LogP contribution in [0.3, 0.4) is 0 Å². The molecule has 8 heteroatoms. The number of alkyl halides is 1. The Bertz CT molecular complexity index is 1230. The van der Waals surface area contributed by atoms with Gasteiger partial charge in [-0.2, -0.15) is 0 Å². The summed E-state index contributed by atoms with van der Waals surface area (Å²) in [5, 5.41) is 1.55. The maximum absolute atomic E-state index is 16.2. The molecule has 1 aliphatic rings. The number of piperidine rings is 1. The Hall–Kier alpha value is -2.12. The van der Waals surface area contributed by atoms with Gasteiger partial charge < -0.3 is 10.2 Å². The predicted octanol–water partition coefficient (Wildman–Crippen LogP) is 3.57. The minimum absolute atomic E-state index is 0.0382. The lowest BCUT2D eigenvalue weighted by molar-refractivity contribution is 0.0434. The largest absolute Gasteiger partial charge is 0.338 e. The maximum atomic E-state index is 16.2. The van der Waals surface area contributed by atoms with Crippen LogP contribution in [0.15, 0.2) is 30.6 Å². The van der Waals surface area contributed by atoms with Gasteiger partial charge in [-0.15, -0.1) is 0 Å². The number of halogens is 3. The lowest BCUT2D eigenvalue weighted by atomic mass is 9.92. The Morgan fingerprint density at radius 1 is 1.43 bits per heavy atom. The van der Waals surface area contributed by atoms with E-state index in [0.717, 1.165) is 30.6 Å². The van der Waals surface area contributed by atoms with Crippen molar-refractivity contribution in [2.45, 2.75) is 38.3 Å². The zero-order chi connectivity index (χ0) is 29.1. The first kappa shape index (κ1) is 11.2. The highest BCUT2D eigenvalue weighted by Gasteiger charge is 2.36. The van der Waals surface area contributed by atoms with Gasteiger partial charge in [0.2, 0.25) is 0 Å². The van der Waals surface area contributed by atoms with Gasteiger partial charge in [-0.25, -0.2) is 18.7 Å². The number of benzene rings is 1. The standard InChI is InChI=1S/C20H23ClF2N4O/c1-2-14-10-25-18(26-11-14)12-24-13-20(23)5-7-27(8-6-20)19(28)15-3-4-17(22)16(21)9-15/h3-4,9-11,24H,2,5-8,12-13H2,1H3/i2D2,5D2,7D2,8D2,12D2. The highest BCUT2D eigenvalue weighted by molar-refractivity contribution is 6.31. The zero-order valence-electron chi connectivity index (χ0n) is 24.7. The number of carbonyl (C=O) groups excluding carboxylic acids is 1. The lowest BCUT2D eigenvalue weighted by Crippen LogP contribution is -2.48. The summed E-state index contributed by atoms with van der Waals surface area (Å²) in [6.45, 7) is -9.47. The van der Waals surface area contributed by atoms with E-state index in [1.807, 2.05) is 0 Å². The Kier molecular flexibility index (Phi) is 3.56. The average Bonchev–Trinajstić information content (AvgIpc) is 2.77. The van der Waals surface area contributed by atoms with Gasteiger partial charge in [0.05, 0.1) is 14.3 Å². The van der Waals surface area contributed by atoms with Crippen LogP contribution in [-0.2, 0) is 12.9 Å². The topological polar surface area (TPSA) is 58.1 Å². The summed E-state index contributed by atoms with van der Waals surface area (Å²) < 4.78 is 111. The number of nitrogens with one attached hydrogen (secondary N) is 1. The van der Waals surface area contributed by atoms with Crippen molar-refractivity contribution >= 4 is 17.5 Å². The highest BCUT2D eigenvalue weighted by Crippen LogP contribution is 2.27. The first-order valence-electron chi connectivity index (χ1n) is 13.1. The van der Waals surface area contributed by atoms with Crippen LogP contribution in [0.4, 0.5) is 8.78 Å². The SMILES string of the molecule is [2H]C([2H])(C)c1cnc(C([2H])([2H])NCC2(F)CC([2H])([2H])N(C(=O)c3ccc(F)c(Cl)c3)C([2H])([2H])C2([2H])[2H])nc1. The number of rotatable bonds is 6. The molecule has 0 bridgehead atoms. The molecule has 2 heterocycles. The van der Waals surface area contributed by atoms with Crippen molar-refractivity contribution in [2.75, 3.05) is 19.5 Å². The van der Waals surface area contributed by atoms with Crippen molar-refractivity contribution in [3.63, 3.8) is 0 Å². The molecule has 0 saturated carbocycles. The van der Waals surface area contributed by atoms with E-state index in [1.165, 1.54) is 6.92 Å². The number of hydrogen-bond donors (Lipinski definition) is 1. The van der Waals surface area contributed by atoms with E-state index in [9.17, 15) is 9.18 Å². The smallest absolute Gasteiger partial charge is 0.253 e. The number of aromatic nitrogens is 2. The van der Waals surface area contributed by atoms with Gasteiger partial charge in [0.15, 0.2) is 0 Å². The molecule has 0 spiro atoms. The van der Waals surface area contributed by atoms with Crippen LogP contribution in [0.2, 0.25) is 5.02 Å². The van der Waals surface area contributed by atoms with Crippen molar-refractivity contribution in [1.82, 2.24) is 20.2 Å². The molecule has 1 aromatic carbocycles. The summed E-state index contributed by atoms with van der Waals surface area (Å²) in [4.78, 5) is 20.4. The van der Waals surface area contributed by atoms with Crippen molar-refractivity contribution in [2.24, 2.45) is 0 Å². The van der Waals surface area contributed by atoms with Crippen molar-refractivity contribution in [1.29, 1.82) is 0 Å². The molecule has 1 amide bonds. The molecule has 28 heavy (non-hydrogen) atoms. The maximum Gasteiger partial charge on any atom is 0.253 e. The van der Waals surface area contributed by atoms with Crippen molar-refractivity contribution in [3.05, 3.63) is 58.4 Å². The average molecular weight is 419 g/mol. The van der Waals surface area contributed by atoms with Gasteiger partial charge in [-0.3, -0.25) is 4.79 Å². The van der Waals surface area contributed by atoms with Gasteiger partial charge in [-0.1, -0.05) is 18.5 Å². The molecule has 1 fully saturated rings. The quantitative estimate of drug-likeness (QED) is 0.779. The normalized spacial score (nSPS) is 31.4. The fraction of sp³-hybridized carbons (Fsp3) is 0.450. The first-order valence-corrected chi connectivity index (χ1v) is 8.51. The second kappa shape index (κ2) is 8.92. The summed E-state index contributed by atoms with van der Waals surface area (Å²) >= 11 is 5.67.